The van der Waals surface area contributed by atoms with Crippen molar-refractivity contribution in [3.63, 3.8) is 0 Å². The van der Waals surface area contributed by atoms with Gasteiger partial charge in [0.1, 0.15) is 0 Å². The van der Waals surface area contributed by atoms with Crippen LogP contribution in [-0.4, -0.2) is 36.5 Å². The lowest BCUT2D eigenvalue weighted by molar-refractivity contribution is -0.134. The van der Waals surface area contributed by atoms with Crippen LogP contribution < -0.4 is 5.32 Å². The summed E-state index contributed by atoms with van der Waals surface area (Å²) >= 11 is 0. The van der Waals surface area contributed by atoms with Gasteiger partial charge in [-0.05, 0) is 31.2 Å². The van der Waals surface area contributed by atoms with Gasteiger partial charge in [-0.2, -0.15) is 0 Å². The van der Waals surface area contributed by atoms with E-state index in [-0.39, 0.29) is 0 Å². The average molecular weight is 240 g/mol. The maximum Gasteiger partial charge on any atom is 0.222 e. The summed E-state index contributed by atoms with van der Waals surface area (Å²) < 4.78 is 0. The van der Waals surface area contributed by atoms with Crippen molar-refractivity contribution < 1.29 is 4.79 Å². The van der Waals surface area contributed by atoms with E-state index in [1.807, 2.05) is 0 Å². The molecular formula is C14H28N2O. The molecule has 17 heavy (non-hydrogen) atoms. The van der Waals surface area contributed by atoms with E-state index in [4.69, 9.17) is 0 Å². The number of carbonyl (C=O) groups excluding carboxylic acids is 1. The van der Waals surface area contributed by atoms with Crippen molar-refractivity contribution in [1.82, 2.24) is 10.2 Å². The van der Waals surface area contributed by atoms with Crippen molar-refractivity contribution in [1.29, 1.82) is 0 Å². The molecule has 1 heterocycles. The van der Waals surface area contributed by atoms with Gasteiger partial charge in [0.15, 0.2) is 0 Å². The summed E-state index contributed by atoms with van der Waals surface area (Å²) in [5.41, 5.74) is 0.310. The van der Waals surface area contributed by atoms with Gasteiger partial charge in [-0.1, -0.05) is 27.7 Å². The van der Waals surface area contributed by atoms with Gasteiger partial charge in [-0.25, -0.2) is 0 Å². The fourth-order valence-electron chi connectivity index (χ4n) is 2.42. The van der Waals surface area contributed by atoms with Gasteiger partial charge in [0.2, 0.25) is 5.91 Å². The number of hydrogen-bond acceptors (Lipinski definition) is 2. The van der Waals surface area contributed by atoms with Crippen LogP contribution in [0.1, 0.15) is 53.4 Å². The lowest BCUT2D eigenvalue weighted by Crippen LogP contribution is -2.43. The van der Waals surface area contributed by atoms with Gasteiger partial charge in [-0.3, -0.25) is 4.79 Å². The predicted octanol–water partition coefficient (Wildman–Crippen LogP) is 2.41. The van der Waals surface area contributed by atoms with Crippen LogP contribution in [0.2, 0.25) is 0 Å². The number of carbonyl (C=O) groups is 1. The van der Waals surface area contributed by atoms with E-state index in [2.05, 4.69) is 37.9 Å². The number of nitrogens with one attached hydrogen (secondary N) is 1. The molecule has 1 aliphatic rings. The fourth-order valence-corrected chi connectivity index (χ4v) is 2.42. The van der Waals surface area contributed by atoms with Crippen LogP contribution in [0.25, 0.3) is 0 Å². The number of amides is 1. The minimum Gasteiger partial charge on any atom is -0.342 e. The van der Waals surface area contributed by atoms with Crippen LogP contribution in [0.3, 0.4) is 0 Å². The molecule has 0 atom stereocenters. The topological polar surface area (TPSA) is 32.3 Å². The second-order valence-corrected chi connectivity index (χ2v) is 6.30. The standard InChI is InChI=1S/C14H28N2O/c1-12(2)15-9-5-7-13(17)16-10-6-8-14(3,4)11-16/h12,15H,5-11H2,1-4H3. The molecule has 0 spiro atoms. The minimum absolute atomic E-state index is 0.310. The first kappa shape index (κ1) is 14.5. The van der Waals surface area contributed by atoms with E-state index in [9.17, 15) is 4.79 Å². The Morgan fingerprint density at radius 1 is 1.41 bits per heavy atom. The van der Waals surface area contributed by atoms with Gasteiger partial charge >= 0.3 is 0 Å². The summed E-state index contributed by atoms with van der Waals surface area (Å²) in [4.78, 5) is 14.1. The zero-order valence-electron chi connectivity index (χ0n) is 11.9. The Labute approximate surface area is 106 Å². The monoisotopic (exact) mass is 240 g/mol. The Hall–Kier alpha value is -0.570. The normalized spacial score (nSPS) is 19.7. The highest BCUT2D eigenvalue weighted by molar-refractivity contribution is 5.76. The molecule has 1 aliphatic heterocycles. The van der Waals surface area contributed by atoms with Crippen LogP contribution in [0.5, 0.6) is 0 Å². The molecule has 1 rings (SSSR count). The van der Waals surface area contributed by atoms with Gasteiger partial charge in [0, 0.05) is 25.6 Å². The highest BCUT2D eigenvalue weighted by Crippen LogP contribution is 2.28. The molecule has 0 aromatic heterocycles. The number of rotatable bonds is 5. The SMILES string of the molecule is CC(C)NCCCC(=O)N1CCCC(C)(C)C1. The second-order valence-electron chi connectivity index (χ2n) is 6.30. The Morgan fingerprint density at radius 3 is 2.71 bits per heavy atom. The van der Waals surface area contributed by atoms with Crippen LogP contribution in [0.4, 0.5) is 0 Å². The molecule has 0 aromatic carbocycles. The van der Waals surface area contributed by atoms with Gasteiger partial charge in [0.25, 0.3) is 0 Å². The highest BCUT2D eigenvalue weighted by atomic mass is 16.2. The summed E-state index contributed by atoms with van der Waals surface area (Å²) in [6.45, 7) is 11.6. The number of likely N-dealkylation sites (tertiary alicyclic amines) is 1. The van der Waals surface area contributed by atoms with Crippen molar-refractivity contribution in [2.75, 3.05) is 19.6 Å². The molecule has 100 valence electrons. The van der Waals surface area contributed by atoms with Crippen LogP contribution in [-0.2, 0) is 4.79 Å². The fraction of sp³-hybridized carbons (Fsp3) is 0.929. The smallest absolute Gasteiger partial charge is 0.222 e. The first-order chi connectivity index (χ1) is 7.91. The van der Waals surface area contributed by atoms with Gasteiger partial charge in [0.05, 0.1) is 0 Å². The third-order valence-electron chi connectivity index (χ3n) is 3.37. The third kappa shape index (κ3) is 5.53. The Bertz CT molecular complexity index is 249. The van der Waals surface area contributed by atoms with Crippen molar-refractivity contribution in [2.45, 2.75) is 59.4 Å². The van der Waals surface area contributed by atoms with Crippen molar-refractivity contribution >= 4 is 5.91 Å². The maximum absolute atomic E-state index is 12.0. The molecule has 0 bridgehead atoms. The van der Waals surface area contributed by atoms with Crippen LogP contribution >= 0.6 is 0 Å². The van der Waals surface area contributed by atoms with Crippen LogP contribution in [0, 0.1) is 5.41 Å². The maximum atomic E-state index is 12.0. The summed E-state index contributed by atoms with van der Waals surface area (Å²) in [6.07, 6.45) is 4.04. The quantitative estimate of drug-likeness (QED) is 0.749. The zero-order valence-corrected chi connectivity index (χ0v) is 11.9. The Balaban J connectivity index is 2.23. The van der Waals surface area contributed by atoms with Crippen LogP contribution in [0.15, 0.2) is 0 Å². The molecule has 0 radical (unpaired) electrons. The second kappa shape index (κ2) is 6.39. The molecule has 3 heteroatoms. The van der Waals surface area contributed by atoms with Crippen molar-refractivity contribution in [3.05, 3.63) is 0 Å². The summed E-state index contributed by atoms with van der Waals surface area (Å²) in [5.74, 6) is 0.336. The lowest BCUT2D eigenvalue weighted by atomic mass is 9.84. The number of piperidine rings is 1. The first-order valence-corrected chi connectivity index (χ1v) is 6.92. The Morgan fingerprint density at radius 2 is 2.12 bits per heavy atom. The van der Waals surface area contributed by atoms with Crippen molar-refractivity contribution in [3.8, 4) is 0 Å². The van der Waals surface area contributed by atoms with Crippen molar-refractivity contribution in [2.24, 2.45) is 5.41 Å². The largest absolute Gasteiger partial charge is 0.342 e. The van der Waals surface area contributed by atoms with Gasteiger partial charge < -0.3 is 10.2 Å². The predicted molar refractivity (Wildman–Crippen MR) is 72.0 cm³/mol. The summed E-state index contributed by atoms with van der Waals surface area (Å²) in [6, 6.07) is 0.513. The molecule has 1 saturated heterocycles. The zero-order chi connectivity index (χ0) is 12.9. The summed E-state index contributed by atoms with van der Waals surface area (Å²) in [5, 5.41) is 3.35. The van der Waals surface area contributed by atoms with E-state index >= 15 is 0 Å². The number of hydrogen-bond donors (Lipinski definition) is 1. The molecule has 0 saturated carbocycles. The molecule has 0 aliphatic carbocycles. The van der Waals surface area contributed by atoms with Gasteiger partial charge in [-0.15, -0.1) is 0 Å². The molecule has 1 amide bonds. The van der Waals surface area contributed by atoms with E-state index < -0.39 is 0 Å². The minimum atomic E-state index is 0.310. The molecule has 1 N–H and O–H groups in total. The third-order valence-corrected chi connectivity index (χ3v) is 3.37. The van der Waals surface area contributed by atoms with E-state index in [1.54, 1.807) is 0 Å². The summed E-state index contributed by atoms with van der Waals surface area (Å²) in [7, 11) is 0. The van der Waals surface area contributed by atoms with E-state index in [0.717, 1.165) is 32.5 Å². The number of nitrogens with zero attached hydrogens (tertiary/aromatic N) is 1. The highest BCUT2D eigenvalue weighted by Gasteiger charge is 2.28. The molecule has 1 fully saturated rings. The Kier molecular flexibility index (Phi) is 5.44. The van der Waals surface area contributed by atoms with E-state index in [0.29, 0.717) is 23.8 Å². The molecule has 0 aromatic rings. The molecule has 3 nitrogen and oxygen atoms in total. The molecule has 0 unspecified atom stereocenters. The average Bonchev–Trinajstić information content (AvgIpc) is 2.22. The van der Waals surface area contributed by atoms with E-state index in [1.165, 1.54) is 6.42 Å². The molecular weight excluding hydrogens is 212 g/mol. The lowest BCUT2D eigenvalue weighted by Gasteiger charge is -2.38. The first-order valence-electron chi connectivity index (χ1n) is 6.92.